The molecule has 0 radical (unpaired) electrons. The van der Waals surface area contributed by atoms with E-state index in [1.165, 1.54) is 31.7 Å². The maximum absolute atomic E-state index is 12.1. The lowest BCUT2D eigenvalue weighted by Gasteiger charge is -2.14. The third-order valence-electron chi connectivity index (χ3n) is 3.17. The highest BCUT2D eigenvalue weighted by Crippen LogP contribution is 2.31. The minimum absolute atomic E-state index is 0.211. The molecule has 1 aliphatic rings. The molecule has 0 atom stereocenters. The Morgan fingerprint density at radius 1 is 1.26 bits per heavy atom. The van der Waals surface area contributed by atoms with Crippen LogP contribution in [0.1, 0.15) is 31.2 Å². The Morgan fingerprint density at radius 3 is 2.53 bits per heavy atom. The van der Waals surface area contributed by atoms with Crippen molar-refractivity contribution >= 4 is 15.9 Å². The summed E-state index contributed by atoms with van der Waals surface area (Å²) in [5.41, 5.74) is 0.938. The van der Waals surface area contributed by atoms with Gasteiger partial charge in [-0.2, -0.15) is 0 Å². The molecule has 1 aromatic carbocycles. The lowest BCUT2D eigenvalue weighted by molar-refractivity contribution is -0.274. The summed E-state index contributed by atoms with van der Waals surface area (Å²) >= 11 is 3.10. The number of alkyl halides is 3. The van der Waals surface area contributed by atoms with Crippen LogP contribution in [-0.4, -0.2) is 12.4 Å². The first-order chi connectivity index (χ1) is 8.94. The molecule has 0 aromatic heterocycles. The topological polar surface area (TPSA) is 21.3 Å². The molecule has 0 bridgehead atoms. The van der Waals surface area contributed by atoms with Crippen LogP contribution in [0.3, 0.4) is 0 Å². The number of halogens is 4. The second-order valence-electron chi connectivity index (χ2n) is 4.67. The van der Waals surface area contributed by atoms with Crippen molar-refractivity contribution in [1.29, 1.82) is 0 Å². The zero-order chi connectivity index (χ0) is 13.9. The van der Waals surface area contributed by atoms with Gasteiger partial charge in [-0.15, -0.1) is 13.2 Å². The van der Waals surface area contributed by atoms with Gasteiger partial charge in [0.1, 0.15) is 5.75 Å². The zero-order valence-electron chi connectivity index (χ0n) is 10.3. The zero-order valence-corrected chi connectivity index (χ0v) is 11.9. The van der Waals surface area contributed by atoms with Gasteiger partial charge >= 0.3 is 6.36 Å². The van der Waals surface area contributed by atoms with E-state index in [9.17, 15) is 13.2 Å². The summed E-state index contributed by atoms with van der Waals surface area (Å²) in [5.74, 6) is -0.211. The molecule has 19 heavy (non-hydrogen) atoms. The molecule has 0 aliphatic heterocycles. The molecule has 1 saturated carbocycles. The van der Waals surface area contributed by atoms with Crippen LogP contribution in [0.25, 0.3) is 0 Å². The van der Waals surface area contributed by atoms with E-state index in [2.05, 4.69) is 26.0 Å². The molecule has 1 N–H and O–H groups in total. The monoisotopic (exact) mass is 337 g/mol. The molecule has 1 aliphatic carbocycles. The van der Waals surface area contributed by atoms with E-state index in [0.29, 0.717) is 17.1 Å². The Hall–Kier alpha value is -0.750. The standard InChI is InChI=1S/C13H15BrF3NO/c14-11-7-9(8-18-10-3-1-2-4-10)5-6-12(11)19-13(15,16)17/h5-7,10,18H,1-4,8H2. The van der Waals surface area contributed by atoms with Crippen LogP contribution < -0.4 is 10.1 Å². The number of nitrogens with one attached hydrogen (secondary N) is 1. The van der Waals surface area contributed by atoms with Gasteiger partial charge in [0, 0.05) is 12.6 Å². The Bertz CT molecular complexity index is 430. The van der Waals surface area contributed by atoms with Crippen molar-refractivity contribution < 1.29 is 17.9 Å². The van der Waals surface area contributed by atoms with Crippen molar-refractivity contribution in [3.05, 3.63) is 28.2 Å². The molecule has 0 heterocycles. The van der Waals surface area contributed by atoms with Crippen LogP contribution in [-0.2, 0) is 6.54 Å². The number of ether oxygens (including phenoxy) is 1. The van der Waals surface area contributed by atoms with Crippen LogP contribution in [0.2, 0.25) is 0 Å². The van der Waals surface area contributed by atoms with Crippen LogP contribution in [0.4, 0.5) is 13.2 Å². The summed E-state index contributed by atoms with van der Waals surface area (Å²) in [6, 6.07) is 5.17. The number of benzene rings is 1. The van der Waals surface area contributed by atoms with E-state index >= 15 is 0 Å². The summed E-state index contributed by atoms with van der Waals surface area (Å²) in [7, 11) is 0. The summed E-state index contributed by atoms with van der Waals surface area (Å²) in [6.07, 6.45) is 0.193. The third-order valence-corrected chi connectivity index (χ3v) is 3.79. The minimum atomic E-state index is -4.66. The molecule has 2 rings (SSSR count). The van der Waals surface area contributed by atoms with E-state index in [1.807, 2.05) is 0 Å². The third kappa shape index (κ3) is 4.69. The lowest BCUT2D eigenvalue weighted by Crippen LogP contribution is -2.25. The summed E-state index contributed by atoms with van der Waals surface area (Å²) in [4.78, 5) is 0. The fraction of sp³-hybridized carbons (Fsp3) is 0.538. The van der Waals surface area contributed by atoms with E-state index in [4.69, 9.17) is 0 Å². The fourth-order valence-electron chi connectivity index (χ4n) is 2.25. The quantitative estimate of drug-likeness (QED) is 0.880. The normalized spacial score (nSPS) is 16.8. The number of hydrogen-bond donors (Lipinski definition) is 1. The van der Waals surface area contributed by atoms with Gasteiger partial charge in [-0.3, -0.25) is 0 Å². The largest absolute Gasteiger partial charge is 0.573 e. The molecule has 2 nitrogen and oxygen atoms in total. The highest BCUT2D eigenvalue weighted by Gasteiger charge is 2.31. The average Bonchev–Trinajstić information content (AvgIpc) is 2.81. The summed E-state index contributed by atoms with van der Waals surface area (Å²) < 4.78 is 40.6. The van der Waals surface area contributed by atoms with Gasteiger partial charge in [0.25, 0.3) is 0 Å². The van der Waals surface area contributed by atoms with Gasteiger partial charge in [0.2, 0.25) is 0 Å². The first-order valence-electron chi connectivity index (χ1n) is 6.21. The molecule has 0 spiro atoms. The highest BCUT2D eigenvalue weighted by atomic mass is 79.9. The predicted octanol–water partition coefficient (Wildman–Crippen LogP) is 4.38. The average molecular weight is 338 g/mol. The van der Waals surface area contributed by atoms with Gasteiger partial charge < -0.3 is 10.1 Å². The van der Waals surface area contributed by atoms with Gasteiger partial charge in [-0.25, -0.2) is 0 Å². The minimum Gasteiger partial charge on any atom is -0.405 e. The van der Waals surface area contributed by atoms with E-state index in [-0.39, 0.29) is 5.75 Å². The molecule has 0 saturated heterocycles. The smallest absolute Gasteiger partial charge is 0.405 e. The Kier molecular flexibility index (Phi) is 4.73. The first-order valence-corrected chi connectivity index (χ1v) is 7.01. The Labute approximate surface area is 118 Å². The second kappa shape index (κ2) is 6.13. The van der Waals surface area contributed by atoms with Gasteiger partial charge in [0.15, 0.2) is 0 Å². The molecule has 1 aromatic rings. The van der Waals surface area contributed by atoms with Crippen LogP contribution in [0, 0.1) is 0 Å². The van der Waals surface area contributed by atoms with Crippen LogP contribution in [0.5, 0.6) is 5.75 Å². The van der Waals surface area contributed by atoms with Crippen LogP contribution in [0.15, 0.2) is 22.7 Å². The van der Waals surface area contributed by atoms with Gasteiger partial charge in [-0.05, 0) is 46.5 Å². The maximum Gasteiger partial charge on any atom is 0.573 e. The molecular weight excluding hydrogens is 323 g/mol. The fourth-order valence-corrected chi connectivity index (χ4v) is 2.76. The van der Waals surface area contributed by atoms with Crippen LogP contribution >= 0.6 is 15.9 Å². The molecule has 0 unspecified atom stereocenters. The van der Waals surface area contributed by atoms with Gasteiger partial charge in [-0.1, -0.05) is 18.9 Å². The highest BCUT2D eigenvalue weighted by molar-refractivity contribution is 9.10. The second-order valence-corrected chi connectivity index (χ2v) is 5.53. The summed E-state index contributed by atoms with van der Waals surface area (Å²) in [5, 5.41) is 3.41. The number of rotatable bonds is 4. The van der Waals surface area contributed by atoms with E-state index in [0.717, 1.165) is 5.56 Å². The SMILES string of the molecule is FC(F)(F)Oc1ccc(CNC2CCCC2)cc1Br. The van der Waals surface area contributed by atoms with Crippen molar-refractivity contribution in [2.45, 2.75) is 44.6 Å². The predicted molar refractivity (Wildman–Crippen MR) is 69.9 cm³/mol. The van der Waals surface area contributed by atoms with Crippen molar-refractivity contribution in [3.63, 3.8) is 0 Å². The lowest BCUT2D eigenvalue weighted by atomic mass is 10.2. The Morgan fingerprint density at radius 2 is 1.95 bits per heavy atom. The van der Waals surface area contributed by atoms with Crippen molar-refractivity contribution in [3.8, 4) is 5.75 Å². The van der Waals surface area contributed by atoms with E-state index < -0.39 is 6.36 Å². The molecule has 1 fully saturated rings. The number of hydrogen-bond acceptors (Lipinski definition) is 2. The molecule has 6 heteroatoms. The maximum atomic E-state index is 12.1. The Balaban J connectivity index is 1.94. The molecular formula is C13H15BrF3NO. The van der Waals surface area contributed by atoms with Crippen molar-refractivity contribution in [1.82, 2.24) is 5.32 Å². The van der Waals surface area contributed by atoms with Gasteiger partial charge in [0.05, 0.1) is 4.47 Å². The molecule has 106 valence electrons. The van der Waals surface area contributed by atoms with Crippen molar-refractivity contribution in [2.75, 3.05) is 0 Å². The first kappa shape index (κ1) is 14.7. The molecule has 0 amide bonds. The van der Waals surface area contributed by atoms with Crippen molar-refractivity contribution in [2.24, 2.45) is 0 Å². The summed E-state index contributed by atoms with van der Waals surface area (Å²) in [6.45, 7) is 0.662. The van der Waals surface area contributed by atoms with E-state index in [1.54, 1.807) is 12.1 Å².